The van der Waals surface area contributed by atoms with Crippen molar-refractivity contribution >= 4 is 0 Å². The fourth-order valence-corrected chi connectivity index (χ4v) is 1.87. The lowest BCUT2D eigenvalue weighted by molar-refractivity contribution is 0.0320. The Hall–Kier alpha value is -1.09. The molecule has 1 heterocycles. The number of hydrogen-bond acceptors (Lipinski definition) is 3. The van der Waals surface area contributed by atoms with Crippen LogP contribution in [0.2, 0.25) is 0 Å². The Kier molecular flexibility index (Phi) is 2.68. The van der Waals surface area contributed by atoms with Gasteiger partial charge in [0.25, 0.3) is 0 Å². The molecule has 1 saturated carbocycles. The average Bonchev–Trinajstić information content (AvgIpc) is 2.19. The third-order valence-electron chi connectivity index (χ3n) is 2.65. The van der Waals surface area contributed by atoms with Crippen molar-refractivity contribution < 1.29 is 4.74 Å². The zero-order valence-corrected chi connectivity index (χ0v) is 8.28. The summed E-state index contributed by atoms with van der Waals surface area (Å²) in [5.41, 5.74) is 5.65. The van der Waals surface area contributed by atoms with Gasteiger partial charge in [-0.2, -0.15) is 0 Å². The second-order valence-corrected chi connectivity index (χ2v) is 3.90. The van der Waals surface area contributed by atoms with Gasteiger partial charge in [-0.05, 0) is 18.9 Å². The summed E-state index contributed by atoms with van der Waals surface area (Å²) in [5, 5.41) is 0. The highest BCUT2D eigenvalue weighted by atomic mass is 16.5. The Balaban J connectivity index is 2.02. The maximum atomic E-state index is 6.13. The largest absolute Gasteiger partial charge is 0.456 e. The molecule has 1 aliphatic carbocycles. The van der Waals surface area contributed by atoms with Gasteiger partial charge in [-0.25, -0.2) is 4.98 Å². The van der Waals surface area contributed by atoms with E-state index < -0.39 is 5.72 Å². The summed E-state index contributed by atoms with van der Waals surface area (Å²) in [4.78, 5) is 4.12. The van der Waals surface area contributed by atoms with Crippen LogP contribution in [0.25, 0.3) is 0 Å². The first kappa shape index (κ1) is 9.46. The first-order valence-electron chi connectivity index (χ1n) is 5.17. The molecule has 14 heavy (non-hydrogen) atoms. The van der Waals surface area contributed by atoms with Crippen LogP contribution in [0.1, 0.15) is 32.1 Å². The topological polar surface area (TPSA) is 48.1 Å². The summed E-state index contributed by atoms with van der Waals surface area (Å²) in [7, 11) is 0. The van der Waals surface area contributed by atoms with Crippen molar-refractivity contribution in [3.63, 3.8) is 0 Å². The summed E-state index contributed by atoms with van der Waals surface area (Å²) in [6.07, 6.45) is 7.17. The Labute approximate surface area is 84.3 Å². The van der Waals surface area contributed by atoms with E-state index >= 15 is 0 Å². The van der Waals surface area contributed by atoms with Crippen LogP contribution in [0.5, 0.6) is 5.88 Å². The maximum absolute atomic E-state index is 6.13. The highest BCUT2D eigenvalue weighted by Crippen LogP contribution is 2.27. The molecule has 2 rings (SSSR count). The van der Waals surface area contributed by atoms with Gasteiger partial charge in [0.2, 0.25) is 5.88 Å². The van der Waals surface area contributed by atoms with Gasteiger partial charge in [0.15, 0.2) is 5.72 Å². The molecule has 0 spiro atoms. The molecule has 0 bridgehead atoms. The number of ether oxygens (including phenoxy) is 1. The number of rotatable bonds is 2. The number of pyridine rings is 1. The van der Waals surface area contributed by atoms with Crippen LogP contribution in [-0.2, 0) is 0 Å². The van der Waals surface area contributed by atoms with Crippen molar-refractivity contribution in [2.24, 2.45) is 5.73 Å². The van der Waals surface area contributed by atoms with Gasteiger partial charge < -0.3 is 4.74 Å². The van der Waals surface area contributed by atoms with Crippen LogP contribution in [-0.4, -0.2) is 10.7 Å². The molecule has 3 heteroatoms. The maximum Gasteiger partial charge on any atom is 0.214 e. The van der Waals surface area contributed by atoms with Crippen molar-refractivity contribution in [1.29, 1.82) is 0 Å². The van der Waals surface area contributed by atoms with E-state index in [9.17, 15) is 0 Å². The fourth-order valence-electron chi connectivity index (χ4n) is 1.87. The van der Waals surface area contributed by atoms with Crippen LogP contribution in [0.15, 0.2) is 24.4 Å². The van der Waals surface area contributed by atoms with Gasteiger partial charge in [-0.3, -0.25) is 5.73 Å². The lowest BCUT2D eigenvalue weighted by Crippen LogP contribution is -2.47. The molecular weight excluding hydrogens is 176 g/mol. The van der Waals surface area contributed by atoms with Gasteiger partial charge >= 0.3 is 0 Å². The van der Waals surface area contributed by atoms with Gasteiger partial charge in [-0.1, -0.05) is 12.5 Å². The smallest absolute Gasteiger partial charge is 0.214 e. The predicted octanol–water partition coefficient (Wildman–Crippen LogP) is 2.08. The zero-order chi connectivity index (χ0) is 9.86. The Bertz CT molecular complexity index is 281. The second kappa shape index (κ2) is 3.96. The lowest BCUT2D eigenvalue weighted by atomic mass is 9.92. The summed E-state index contributed by atoms with van der Waals surface area (Å²) in [5.74, 6) is 0.636. The molecule has 2 N–H and O–H groups in total. The van der Waals surface area contributed by atoms with E-state index in [0.29, 0.717) is 5.88 Å². The number of nitrogens with two attached hydrogens (primary N) is 1. The summed E-state index contributed by atoms with van der Waals surface area (Å²) in [6.45, 7) is 0. The quantitative estimate of drug-likeness (QED) is 0.730. The van der Waals surface area contributed by atoms with Crippen LogP contribution in [0, 0.1) is 0 Å². The van der Waals surface area contributed by atoms with E-state index in [-0.39, 0.29) is 0 Å². The minimum Gasteiger partial charge on any atom is -0.456 e. The van der Waals surface area contributed by atoms with Crippen LogP contribution in [0.3, 0.4) is 0 Å². The van der Waals surface area contributed by atoms with Gasteiger partial charge in [-0.15, -0.1) is 0 Å². The van der Waals surface area contributed by atoms with Gasteiger partial charge in [0, 0.05) is 25.1 Å². The van der Waals surface area contributed by atoms with Crippen molar-refractivity contribution in [2.45, 2.75) is 37.8 Å². The standard InChI is InChI=1S/C11H16N2O/c12-11(7-3-1-4-8-11)14-10-6-2-5-9-13-10/h2,5-6,9H,1,3-4,7-8,12H2. The molecule has 1 aromatic heterocycles. The molecule has 0 radical (unpaired) electrons. The van der Waals surface area contributed by atoms with E-state index in [1.807, 2.05) is 18.2 Å². The van der Waals surface area contributed by atoms with Gasteiger partial charge in [0.05, 0.1) is 0 Å². The van der Waals surface area contributed by atoms with Gasteiger partial charge in [0.1, 0.15) is 0 Å². The Morgan fingerprint density at radius 3 is 2.64 bits per heavy atom. The number of nitrogens with zero attached hydrogens (tertiary/aromatic N) is 1. The molecule has 0 saturated heterocycles. The molecule has 0 unspecified atom stereocenters. The molecule has 3 nitrogen and oxygen atoms in total. The molecule has 0 atom stereocenters. The molecule has 0 aromatic carbocycles. The summed E-state index contributed by atoms with van der Waals surface area (Å²) in [6, 6.07) is 5.63. The molecule has 0 aliphatic heterocycles. The van der Waals surface area contributed by atoms with Crippen molar-refractivity contribution in [3.05, 3.63) is 24.4 Å². The van der Waals surface area contributed by atoms with Crippen molar-refractivity contribution in [2.75, 3.05) is 0 Å². The van der Waals surface area contributed by atoms with Crippen LogP contribution in [0.4, 0.5) is 0 Å². The first-order valence-corrected chi connectivity index (χ1v) is 5.17. The van der Waals surface area contributed by atoms with E-state index in [2.05, 4.69) is 4.98 Å². The van der Waals surface area contributed by atoms with Crippen molar-refractivity contribution in [1.82, 2.24) is 4.98 Å². The molecular formula is C11H16N2O. The Morgan fingerprint density at radius 2 is 2.00 bits per heavy atom. The van der Waals surface area contributed by atoms with E-state index in [1.165, 1.54) is 6.42 Å². The lowest BCUT2D eigenvalue weighted by Gasteiger charge is -2.33. The minimum atomic E-state index is -0.480. The normalized spacial score (nSPS) is 20.4. The third-order valence-corrected chi connectivity index (χ3v) is 2.65. The summed E-state index contributed by atoms with van der Waals surface area (Å²) >= 11 is 0. The summed E-state index contributed by atoms with van der Waals surface area (Å²) < 4.78 is 5.71. The fraction of sp³-hybridized carbons (Fsp3) is 0.545. The average molecular weight is 192 g/mol. The molecule has 1 aromatic rings. The number of aromatic nitrogens is 1. The minimum absolute atomic E-state index is 0.480. The Morgan fingerprint density at radius 1 is 1.21 bits per heavy atom. The zero-order valence-electron chi connectivity index (χ0n) is 8.28. The highest BCUT2D eigenvalue weighted by molar-refractivity contribution is 5.10. The highest BCUT2D eigenvalue weighted by Gasteiger charge is 2.29. The first-order chi connectivity index (χ1) is 6.79. The molecule has 1 fully saturated rings. The molecule has 0 amide bonds. The predicted molar refractivity (Wildman–Crippen MR) is 54.9 cm³/mol. The van der Waals surface area contributed by atoms with Crippen LogP contribution < -0.4 is 10.5 Å². The van der Waals surface area contributed by atoms with E-state index in [1.54, 1.807) is 6.20 Å². The van der Waals surface area contributed by atoms with E-state index in [4.69, 9.17) is 10.5 Å². The monoisotopic (exact) mass is 192 g/mol. The molecule has 76 valence electrons. The SMILES string of the molecule is NC1(Oc2ccccn2)CCCCC1. The van der Waals surface area contributed by atoms with E-state index in [0.717, 1.165) is 25.7 Å². The molecule has 1 aliphatic rings. The second-order valence-electron chi connectivity index (χ2n) is 3.90. The number of hydrogen-bond donors (Lipinski definition) is 1. The third kappa shape index (κ3) is 2.23. The van der Waals surface area contributed by atoms with Crippen molar-refractivity contribution in [3.8, 4) is 5.88 Å². The van der Waals surface area contributed by atoms with Crippen LogP contribution >= 0.6 is 0 Å².